The minimum atomic E-state index is -4.64. The van der Waals surface area contributed by atoms with Gasteiger partial charge in [-0.25, -0.2) is 9.59 Å². The van der Waals surface area contributed by atoms with Crippen molar-refractivity contribution in [1.29, 1.82) is 0 Å². The van der Waals surface area contributed by atoms with Gasteiger partial charge in [0.2, 0.25) is 0 Å². The summed E-state index contributed by atoms with van der Waals surface area (Å²) in [6.07, 6.45) is 4.36. The molecule has 1 atom stereocenters. The Bertz CT molecular complexity index is 1250. The van der Waals surface area contributed by atoms with Crippen molar-refractivity contribution in [2.45, 2.75) is 103 Å². The quantitative estimate of drug-likeness (QED) is 0.0884. The van der Waals surface area contributed by atoms with Crippen LogP contribution in [-0.2, 0) is 11.2 Å². The van der Waals surface area contributed by atoms with Gasteiger partial charge in [0.05, 0.1) is 11.1 Å². The number of unbranched alkanes of at least 4 members (excludes halogenated alkanes) is 8. The molecule has 3 aromatic carbocycles. The highest BCUT2D eigenvalue weighted by molar-refractivity contribution is 5.92. The van der Waals surface area contributed by atoms with Crippen molar-refractivity contribution in [3.05, 3.63) is 89.5 Å². The summed E-state index contributed by atoms with van der Waals surface area (Å²) in [5.41, 5.74) is 3.66. The molecule has 3 aromatic rings. The molecule has 0 amide bonds. The van der Waals surface area contributed by atoms with E-state index in [0.29, 0.717) is 18.4 Å². The molecule has 0 N–H and O–H groups in total. The number of carbonyl (C=O) groups is 2. The van der Waals surface area contributed by atoms with E-state index in [0.717, 1.165) is 30.4 Å². The Morgan fingerprint density at radius 3 is 1.70 bits per heavy atom. The number of rotatable bonds is 17. The van der Waals surface area contributed by atoms with Crippen LogP contribution in [-0.4, -0.2) is 24.2 Å². The summed E-state index contributed by atoms with van der Waals surface area (Å²) in [4.78, 5) is 25.0. The van der Waals surface area contributed by atoms with Gasteiger partial charge < -0.3 is 9.47 Å². The summed E-state index contributed by atoms with van der Waals surface area (Å²) in [7, 11) is 0. The van der Waals surface area contributed by atoms with Gasteiger partial charge in [-0.3, -0.25) is 0 Å². The van der Waals surface area contributed by atoms with Crippen LogP contribution < -0.4 is 4.74 Å². The van der Waals surface area contributed by atoms with E-state index in [-0.39, 0.29) is 17.7 Å². The number of alkyl halides is 3. The topological polar surface area (TPSA) is 52.6 Å². The van der Waals surface area contributed by atoms with Gasteiger partial charge in [0.15, 0.2) is 6.10 Å². The van der Waals surface area contributed by atoms with Crippen LogP contribution >= 0.6 is 0 Å². The summed E-state index contributed by atoms with van der Waals surface area (Å²) in [6, 6.07) is 20.9. The Kier molecular flexibility index (Phi) is 13.8. The second-order valence-corrected chi connectivity index (χ2v) is 11.0. The number of hydrogen-bond acceptors (Lipinski definition) is 4. The molecule has 3 rings (SSSR count). The molecular weight excluding hydrogens is 553 g/mol. The number of esters is 2. The monoisotopic (exact) mass is 596 g/mol. The molecule has 7 heteroatoms. The number of halogens is 3. The zero-order chi connectivity index (χ0) is 31.1. The van der Waals surface area contributed by atoms with Gasteiger partial charge in [-0.2, -0.15) is 13.2 Å². The first-order chi connectivity index (χ1) is 20.7. The molecule has 0 unspecified atom stereocenters. The molecule has 0 radical (unpaired) electrons. The van der Waals surface area contributed by atoms with E-state index in [9.17, 15) is 22.8 Å². The summed E-state index contributed by atoms with van der Waals surface area (Å²) in [5.74, 6) is -1.49. The summed E-state index contributed by atoms with van der Waals surface area (Å²) >= 11 is 0. The van der Waals surface area contributed by atoms with Crippen LogP contribution in [0.25, 0.3) is 11.1 Å². The summed E-state index contributed by atoms with van der Waals surface area (Å²) in [6.45, 7) is 4.19. The van der Waals surface area contributed by atoms with Gasteiger partial charge in [-0.05, 0) is 78.8 Å². The zero-order valence-corrected chi connectivity index (χ0v) is 25.3. The molecule has 0 saturated heterocycles. The minimum absolute atomic E-state index is 0.0510. The fraction of sp³-hybridized carbons (Fsp3) is 0.444. The largest absolute Gasteiger partial charge is 0.449 e. The fourth-order valence-corrected chi connectivity index (χ4v) is 4.84. The average Bonchev–Trinajstić information content (AvgIpc) is 3.00. The van der Waals surface area contributed by atoms with Crippen LogP contribution in [0.1, 0.15) is 111 Å². The molecule has 0 aromatic heterocycles. The molecule has 43 heavy (non-hydrogen) atoms. The zero-order valence-electron chi connectivity index (χ0n) is 25.3. The third-order valence-corrected chi connectivity index (χ3v) is 7.46. The summed E-state index contributed by atoms with van der Waals surface area (Å²) < 4.78 is 50.3. The van der Waals surface area contributed by atoms with Crippen molar-refractivity contribution in [3.8, 4) is 16.9 Å². The predicted octanol–water partition coefficient (Wildman–Crippen LogP) is 10.5. The van der Waals surface area contributed by atoms with Crippen LogP contribution in [0.5, 0.6) is 5.75 Å². The number of hydrogen-bond donors (Lipinski definition) is 0. The maximum absolute atomic E-state index is 13.4. The lowest BCUT2D eigenvalue weighted by Crippen LogP contribution is -2.33. The third-order valence-electron chi connectivity index (χ3n) is 7.46. The van der Waals surface area contributed by atoms with E-state index in [4.69, 9.17) is 9.47 Å². The lowest BCUT2D eigenvalue weighted by atomic mass is 10.00. The molecule has 0 spiro atoms. The molecule has 0 heterocycles. The van der Waals surface area contributed by atoms with E-state index in [1.165, 1.54) is 68.4 Å². The van der Waals surface area contributed by atoms with E-state index < -0.39 is 24.2 Å². The Morgan fingerprint density at radius 2 is 1.12 bits per heavy atom. The Morgan fingerprint density at radius 1 is 0.628 bits per heavy atom. The fourth-order valence-electron chi connectivity index (χ4n) is 4.84. The van der Waals surface area contributed by atoms with Crippen molar-refractivity contribution in [3.63, 3.8) is 0 Å². The van der Waals surface area contributed by atoms with Gasteiger partial charge in [0.1, 0.15) is 5.75 Å². The molecule has 0 fully saturated rings. The summed E-state index contributed by atoms with van der Waals surface area (Å²) in [5, 5.41) is 0. The van der Waals surface area contributed by atoms with Crippen molar-refractivity contribution >= 4 is 11.9 Å². The van der Waals surface area contributed by atoms with Crippen molar-refractivity contribution in [2.24, 2.45) is 0 Å². The number of carbonyl (C=O) groups excluding carboxylic acids is 2. The van der Waals surface area contributed by atoms with E-state index in [1.807, 2.05) is 19.1 Å². The lowest BCUT2D eigenvalue weighted by Gasteiger charge is -2.20. The molecule has 232 valence electrons. The minimum Gasteiger partial charge on any atom is -0.449 e. The standard InChI is InChI=1S/C36H43F3O4/c1-3-5-7-9-10-11-13-27-15-17-28(18-16-27)29-19-21-30(22-20-29)34(40)42-32-25-23-31(24-26-32)35(41)43-33(36(37,38)39)14-12-8-6-4-2/h15-26,33H,3-14H2,1-2H3/t33-/m0/s1. The Labute approximate surface area is 253 Å². The second kappa shape index (κ2) is 17.5. The molecule has 0 aliphatic heterocycles. The van der Waals surface area contributed by atoms with Crippen molar-refractivity contribution < 1.29 is 32.2 Å². The first-order valence-electron chi connectivity index (χ1n) is 15.5. The number of benzene rings is 3. The average molecular weight is 597 g/mol. The highest BCUT2D eigenvalue weighted by Gasteiger charge is 2.42. The molecule has 4 nitrogen and oxygen atoms in total. The highest BCUT2D eigenvalue weighted by Crippen LogP contribution is 2.28. The number of aryl methyl sites for hydroxylation is 1. The maximum Gasteiger partial charge on any atom is 0.425 e. The smallest absolute Gasteiger partial charge is 0.425 e. The molecular formula is C36H43F3O4. The normalized spacial score (nSPS) is 12.1. The van der Waals surface area contributed by atoms with E-state index in [1.54, 1.807) is 12.1 Å². The highest BCUT2D eigenvalue weighted by atomic mass is 19.4. The van der Waals surface area contributed by atoms with Crippen LogP contribution in [0.2, 0.25) is 0 Å². The molecule has 0 aliphatic carbocycles. The van der Waals surface area contributed by atoms with Gasteiger partial charge in [-0.1, -0.05) is 102 Å². The molecule has 0 bridgehead atoms. The molecule has 0 aliphatic rings. The van der Waals surface area contributed by atoms with Gasteiger partial charge in [0.25, 0.3) is 0 Å². The van der Waals surface area contributed by atoms with Gasteiger partial charge in [-0.15, -0.1) is 0 Å². The van der Waals surface area contributed by atoms with Crippen molar-refractivity contribution in [1.82, 2.24) is 0 Å². The second-order valence-electron chi connectivity index (χ2n) is 11.0. The Hall–Kier alpha value is -3.61. The number of ether oxygens (including phenoxy) is 2. The van der Waals surface area contributed by atoms with Gasteiger partial charge in [0, 0.05) is 0 Å². The first-order valence-corrected chi connectivity index (χ1v) is 15.5. The lowest BCUT2D eigenvalue weighted by molar-refractivity contribution is -0.206. The van der Waals surface area contributed by atoms with Gasteiger partial charge >= 0.3 is 18.1 Å². The first kappa shape index (κ1) is 33.9. The van der Waals surface area contributed by atoms with E-state index in [2.05, 4.69) is 31.2 Å². The SMILES string of the molecule is CCCCCCCCc1ccc(-c2ccc(C(=O)Oc3ccc(C(=O)O[C@@H](CCCCCC)C(F)(F)F)cc3)cc2)cc1. The predicted molar refractivity (Wildman–Crippen MR) is 164 cm³/mol. The maximum atomic E-state index is 13.4. The van der Waals surface area contributed by atoms with Crippen molar-refractivity contribution in [2.75, 3.05) is 0 Å². The third kappa shape index (κ3) is 11.5. The molecule has 0 saturated carbocycles. The van der Waals surface area contributed by atoms with Crippen LogP contribution in [0.4, 0.5) is 13.2 Å². The van der Waals surface area contributed by atoms with E-state index >= 15 is 0 Å². The van der Waals surface area contributed by atoms with Crippen LogP contribution in [0.15, 0.2) is 72.8 Å². The van der Waals surface area contributed by atoms with Crippen LogP contribution in [0.3, 0.4) is 0 Å². The van der Waals surface area contributed by atoms with Crippen LogP contribution in [0, 0.1) is 0 Å². The Balaban J connectivity index is 1.51.